The Morgan fingerprint density at radius 3 is 2.69 bits per heavy atom. The minimum absolute atomic E-state index is 0.00118. The molecule has 4 aromatic rings. The van der Waals surface area contributed by atoms with Gasteiger partial charge in [-0.25, -0.2) is 9.97 Å². The number of pyridine rings is 1. The minimum Gasteiger partial charge on any atom is -0.439 e. The molecular formula is C28H28N4O3. The van der Waals surface area contributed by atoms with E-state index in [1.165, 1.54) is 5.56 Å². The number of amides is 1. The van der Waals surface area contributed by atoms with Crippen LogP contribution in [-0.4, -0.2) is 45.0 Å². The van der Waals surface area contributed by atoms with E-state index in [4.69, 9.17) is 9.47 Å². The van der Waals surface area contributed by atoms with Gasteiger partial charge in [-0.15, -0.1) is 0 Å². The Labute approximate surface area is 205 Å². The number of carbonyl (C=O) groups is 1. The van der Waals surface area contributed by atoms with Gasteiger partial charge in [0.05, 0.1) is 18.8 Å². The SMILES string of the molecule is Cc1ccc(Oc2cccc([C@H]3CN(C(=O)c4ccccc4Cn4ccnc4C)CCO3)n2)cc1. The molecule has 7 heteroatoms. The highest BCUT2D eigenvalue weighted by Gasteiger charge is 2.28. The van der Waals surface area contributed by atoms with Gasteiger partial charge >= 0.3 is 0 Å². The van der Waals surface area contributed by atoms with Gasteiger partial charge < -0.3 is 18.9 Å². The summed E-state index contributed by atoms with van der Waals surface area (Å²) in [5, 5.41) is 0. The molecule has 0 bridgehead atoms. The molecule has 0 aliphatic carbocycles. The van der Waals surface area contributed by atoms with Crippen LogP contribution in [0.5, 0.6) is 11.6 Å². The number of nitrogens with zero attached hydrogens (tertiary/aromatic N) is 4. The zero-order valence-electron chi connectivity index (χ0n) is 19.9. The molecule has 1 amide bonds. The first-order valence-electron chi connectivity index (χ1n) is 11.7. The van der Waals surface area contributed by atoms with Crippen molar-refractivity contribution >= 4 is 5.91 Å². The van der Waals surface area contributed by atoms with Crippen LogP contribution in [0, 0.1) is 13.8 Å². The summed E-state index contributed by atoms with van der Waals surface area (Å²) in [6.07, 6.45) is 3.38. The van der Waals surface area contributed by atoms with E-state index in [0.717, 1.165) is 22.8 Å². The average Bonchev–Trinajstić information content (AvgIpc) is 3.30. The van der Waals surface area contributed by atoms with Gasteiger partial charge in [-0.1, -0.05) is 42.0 Å². The Hall–Kier alpha value is -3.97. The summed E-state index contributed by atoms with van der Waals surface area (Å²) in [6, 6.07) is 21.2. The molecule has 2 aromatic carbocycles. The molecule has 1 aliphatic rings. The van der Waals surface area contributed by atoms with Crippen molar-refractivity contribution in [2.24, 2.45) is 0 Å². The number of morpholine rings is 1. The summed E-state index contributed by atoms with van der Waals surface area (Å²) in [5.74, 6) is 2.14. The number of aryl methyl sites for hydroxylation is 2. The molecule has 1 fully saturated rings. The standard InChI is InChI=1S/C28H28N4O3/c1-20-10-12-23(13-11-20)35-27-9-5-8-25(30-27)26-19-32(16-17-34-26)28(33)24-7-4-3-6-22(24)18-31-15-14-29-21(31)2/h3-15,26H,16-19H2,1-2H3/t26-/m1/s1. The lowest BCUT2D eigenvalue weighted by atomic mass is 10.0. The fourth-order valence-corrected chi connectivity index (χ4v) is 4.20. The van der Waals surface area contributed by atoms with E-state index in [1.54, 1.807) is 6.20 Å². The number of hydrogen-bond donors (Lipinski definition) is 0. The predicted octanol–water partition coefficient (Wildman–Crippen LogP) is 4.95. The van der Waals surface area contributed by atoms with Crippen molar-refractivity contribution in [3.63, 3.8) is 0 Å². The molecule has 3 heterocycles. The van der Waals surface area contributed by atoms with Crippen molar-refractivity contribution in [2.75, 3.05) is 19.7 Å². The van der Waals surface area contributed by atoms with Crippen LogP contribution in [0.3, 0.4) is 0 Å². The van der Waals surface area contributed by atoms with Gasteiger partial charge in [0.25, 0.3) is 5.91 Å². The molecule has 35 heavy (non-hydrogen) atoms. The van der Waals surface area contributed by atoms with Gasteiger partial charge in [-0.3, -0.25) is 4.79 Å². The molecule has 1 aliphatic heterocycles. The second-order valence-electron chi connectivity index (χ2n) is 8.69. The molecule has 0 N–H and O–H groups in total. The number of carbonyl (C=O) groups excluding carboxylic acids is 1. The lowest BCUT2D eigenvalue weighted by Crippen LogP contribution is -2.42. The first-order chi connectivity index (χ1) is 17.1. The van der Waals surface area contributed by atoms with Gasteiger partial charge in [-0.2, -0.15) is 0 Å². The van der Waals surface area contributed by atoms with E-state index in [2.05, 4.69) is 9.97 Å². The first-order valence-corrected chi connectivity index (χ1v) is 11.7. The van der Waals surface area contributed by atoms with Crippen molar-refractivity contribution in [1.29, 1.82) is 0 Å². The van der Waals surface area contributed by atoms with Gasteiger partial charge in [0.1, 0.15) is 17.7 Å². The number of hydrogen-bond acceptors (Lipinski definition) is 5. The van der Waals surface area contributed by atoms with Crippen LogP contribution in [0.25, 0.3) is 0 Å². The third kappa shape index (κ3) is 5.25. The Morgan fingerprint density at radius 1 is 1.06 bits per heavy atom. The maximum absolute atomic E-state index is 13.5. The van der Waals surface area contributed by atoms with E-state index in [0.29, 0.717) is 37.7 Å². The molecule has 0 unspecified atom stereocenters. The third-order valence-electron chi connectivity index (χ3n) is 6.18. The Bertz CT molecular complexity index is 1320. The summed E-state index contributed by atoms with van der Waals surface area (Å²) in [4.78, 5) is 24.4. The summed E-state index contributed by atoms with van der Waals surface area (Å²) in [6.45, 7) is 6.00. The topological polar surface area (TPSA) is 69.5 Å². The number of imidazole rings is 1. The third-order valence-corrected chi connectivity index (χ3v) is 6.18. The summed E-state index contributed by atoms with van der Waals surface area (Å²) in [7, 11) is 0. The molecule has 1 atom stereocenters. The van der Waals surface area contributed by atoms with Crippen molar-refractivity contribution in [2.45, 2.75) is 26.5 Å². The van der Waals surface area contributed by atoms with Crippen LogP contribution in [0.15, 0.2) is 79.1 Å². The van der Waals surface area contributed by atoms with Crippen LogP contribution >= 0.6 is 0 Å². The smallest absolute Gasteiger partial charge is 0.254 e. The van der Waals surface area contributed by atoms with Crippen LogP contribution in [0.2, 0.25) is 0 Å². The van der Waals surface area contributed by atoms with Gasteiger partial charge in [0.2, 0.25) is 5.88 Å². The Kier molecular flexibility index (Phi) is 6.59. The second-order valence-corrected chi connectivity index (χ2v) is 8.69. The lowest BCUT2D eigenvalue weighted by molar-refractivity contribution is -0.0249. The zero-order chi connectivity index (χ0) is 24.2. The molecule has 0 radical (unpaired) electrons. The quantitative estimate of drug-likeness (QED) is 0.401. The largest absolute Gasteiger partial charge is 0.439 e. The van der Waals surface area contributed by atoms with E-state index in [1.807, 2.05) is 96.2 Å². The molecule has 2 aromatic heterocycles. The zero-order valence-corrected chi connectivity index (χ0v) is 19.9. The highest BCUT2D eigenvalue weighted by atomic mass is 16.5. The van der Waals surface area contributed by atoms with Crippen molar-refractivity contribution in [3.8, 4) is 11.6 Å². The molecule has 178 valence electrons. The summed E-state index contributed by atoms with van der Waals surface area (Å²) >= 11 is 0. The van der Waals surface area contributed by atoms with Crippen LogP contribution in [0.1, 0.15) is 39.1 Å². The second kappa shape index (κ2) is 10.1. The van der Waals surface area contributed by atoms with Crippen LogP contribution in [0.4, 0.5) is 0 Å². The van der Waals surface area contributed by atoms with E-state index < -0.39 is 0 Å². The summed E-state index contributed by atoms with van der Waals surface area (Å²) in [5.41, 5.74) is 3.58. The first kappa shape index (κ1) is 22.8. The highest BCUT2D eigenvalue weighted by Crippen LogP contribution is 2.26. The normalized spacial score (nSPS) is 15.7. The number of aromatic nitrogens is 3. The Balaban J connectivity index is 1.31. The van der Waals surface area contributed by atoms with Crippen molar-refractivity contribution in [1.82, 2.24) is 19.4 Å². The maximum atomic E-state index is 13.5. The van der Waals surface area contributed by atoms with Crippen LogP contribution < -0.4 is 4.74 Å². The van der Waals surface area contributed by atoms with Crippen molar-refractivity contribution < 1.29 is 14.3 Å². The van der Waals surface area contributed by atoms with Gasteiger partial charge in [0.15, 0.2) is 0 Å². The molecule has 5 rings (SSSR count). The van der Waals surface area contributed by atoms with E-state index in [9.17, 15) is 4.79 Å². The average molecular weight is 469 g/mol. The lowest BCUT2D eigenvalue weighted by Gasteiger charge is -2.33. The predicted molar refractivity (Wildman–Crippen MR) is 133 cm³/mol. The molecule has 0 saturated carbocycles. The molecular weight excluding hydrogens is 440 g/mol. The van der Waals surface area contributed by atoms with E-state index >= 15 is 0 Å². The van der Waals surface area contributed by atoms with Crippen molar-refractivity contribution in [3.05, 3.63) is 107 Å². The fraction of sp³-hybridized carbons (Fsp3) is 0.250. The fourth-order valence-electron chi connectivity index (χ4n) is 4.20. The minimum atomic E-state index is -0.322. The van der Waals surface area contributed by atoms with Gasteiger partial charge in [0, 0.05) is 37.1 Å². The monoisotopic (exact) mass is 468 g/mol. The number of benzene rings is 2. The Morgan fingerprint density at radius 2 is 1.89 bits per heavy atom. The van der Waals surface area contributed by atoms with Gasteiger partial charge in [-0.05, 0) is 43.7 Å². The molecule has 1 saturated heterocycles. The maximum Gasteiger partial charge on any atom is 0.254 e. The summed E-state index contributed by atoms with van der Waals surface area (Å²) < 4.78 is 14.0. The number of rotatable bonds is 6. The van der Waals surface area contributed by atoms with Crippen LogP contribution in [-0.2, 0) is 11.3 Å². The molecule has 0 spiro atoms. The number of ether oxygens (including phenoxy) is 2. The molecule has 7 nitrogen and oxygen atoms in total. The van der Waals surface area contributed by atoms with E-state index in [-0.39, 0.29) is 12.0 Å². The highest BCUT2D eigenvalue weighted by molar-refractivity contribution is 5.95.